The van der Waals surface area contributed by atoms with E-state index in [1.807, 2.05) is 0 Å². The molecular formula is C14H20O2. The molecule has 0 aromatic carbocycles. The Morgan fingerprint density at radius 3 is 1.75 bits per heavy atom. The summed E-state index contributed by atoms with van der Waals surface area (Å²) in [4.78, 5) is 0. The number of hydrogen-bond donors (Lipinski definition) is 0. The van der Waals surface area contributed by atoms with Gasteiger partial charge in [0.15, 0.2) is 5.79 Å². The number of ether oxygens (including phenoxy) is 2. The zero-order chi connectivity index (χ0) is 10.6. The van der Waals surface area contributed by atoms with E-state index in [0.717, 1.165) is 25.0 Å². The summed E-state index contributed by atoms with van der Waals surface area (Å²) in [5.41, 5.74) is 0. The van der Waals surface area contributed by atoms with E-state index >= 15 is 0 Å². The van der Waals surface area contributed by atoms with Crippen LogP contribution >= 0.6 is 0 Å². The van der Waals surface area contributed by atoms with E-state index in [4.69, 9.17) is 9.47 Å². The lowest BCUT2D eigenvalue weighted by Crippen LogP contribution is -2.60. The fourth-order valence-electron chi connectivity index (χ4n) is 4.85. The summed E-state index contributed by atoms with van der Waals surface area (Å²) in [6.45, 7) is 1.50. The molecule has 1 aliphatic heterocycles. The van der Waals surface area contributed by atoms with Crippen LogP contribution in [0.5, 0.6) is 0 Å². The first-order chi connectivity index (χ1) is 7.87. The molecule has 2 nitrogen and oxygen atoms in total. The van der Waals surface area contributed by atoms with Crippen LogP contribution in [0, 0.1) is 23.7 Å². The molecule has 0 atom stereocenters. The van der Waals surface area contributed by atoms with Gasteiger partial charge in [-0.25, -0.2) is 0 Å². The van der Waals surface area contributed by atoms with Crippen LogP contribution in [0.4, 0.5) is 0 Å². The molecule has 4 bridgehead atoms. The van der Waals surface area contributed by atoms with Crippen LogP contribution in [0.15, 0.2) is 12.2 Å². The molecule has 0 aromatic rings. The van der Waals surface area contributed by atoms with E-state index in [9.17, 15) is 0 Å². The molecule has 0 unspecified atom stereocenters. The maximum absolute atomic E-state index is 6.16. The van der Waals surface area contributed by atoms with Gasteiger partial charge in [0, 0.05) is 11.8 Å². The Morgan fingerprint density at radius 1 is 0.750 bits per heavy atom. The predicted molar refractivity (Wildman–Crippen MR) is 60.8 cm³/mol. The summed E-state index contributed by atoms with van der Waals surface area (Å²) in [5, 5.41) is 0. The van der Waals surface area contributed by atoms with Crippen molar-refractivity contribution in [3.63, 3.8) is 0 Å². The van der Waals surface area contributed by atoms with Gasteiger partial charge in [-0.05, 0) is 43.9 Å². The lowest BCUT2D eigenvalue weighted by Gasteiger charge is -2.59. The molecule has 0 radical (unpaired) electrons. The highest BCUT2D eigenvalue weighted by atomic mass is 16.7. The third kappa shape index (κ3) is 1.20. The second-order valence-electron chi connectivity index (χ2n) is 6.12. The number of rotatable bonds is 0. The Bertz CT molecular complexity index is 281. The van der Waals surface area contributed by atoms with E-state index in [2.05, 4.69) is 12.2 Å². The molecule has 1 heterocycles. The van der Waals surface area contributed by atoms with Crippen molar-refractivity contribution in [2.75, 3.05) is 13.2 Å². The van der Waals surface area contributed by atoms with Gasteiger partial charge < -0.3 is 9.47 Å². The molecule has 0 amide bonds. The molecule has 2 heteroatoms. The van der Waals surface area contributed by atoms with Crippen LogP contribution < -0.4 is 0 Å². The Kier molecular flexibility index (Phi) is 2.01. The maximum atomic E-state index is 6.16. The molecular weight excluding hydrogens is 200 g/mol. The Balaban J connectivity index is 1.67. The van der Waals surface area contributed by atoms with E-state index in [1.165, 1.54) is 32.1 Å². The largest absolute Gasteiger partial charge is 0.345 e. The molecule has 0 N–H and O–H groups in total. The third-order valence-corrected chi connectivity index (χ3v) is 5.25. The SMILES string of the molecule is C1=CCOC2(OC1)C1CC3CC(C1)CC2C3. The van der Waals surface area contributed by atoms with Crippen LogP contribution in [0.1, 0.15) is 32.1 Å². The third-order valence-electron chi connectivity index (χ3n) is 5.25. The molecule has 4 saturated carbocycles. The second-order valence-corrected chi connectivity index (χ2v) is 6.12. The van der Waals surface area contributed by atoms with Crippen molar-refractivity contribution in [2.45, 2.75) is 37.9 Å². The van der Waals surface area contributed by atoms with Gasteiger partial charge in [-0.3, -0.25) is 0 Å². The first-order valence-electron chi connectivity index (χ1n) is 6.80. The lowest BCUT2D eigenvalue weighted by atomic mass is 9.53. The molecule has 4 fully saturated rings. The first kappa shape index (κ1) is 9.67. The highest BCUT2D eigenvalue weighted by Crippen LogP contribution is 2.60. The van der Waals surface area contributed by atoms with Gasteiger partial charge in [0.1, 0.15) is 0 Å². The van der Waals surface area contributed by atoms with Gasteiger partial charge in [0.25, 0.3) is 0 Å². The van der Waals surface area contributed by atoms with Crippen molar-refractivity contribution < 1.29 is 9.47 Å². The number of hydrogen-bond acceptors (Lipinski definition) is 2. The quantitative estimate of drug-likeness (QED) is 0.584. The van der Waals surface area contributed by atoms with Crippen molar-refractivity contribution >= 4 is 0 Å². The van der Waals surface area contributed by atoms with Gasteiger partial charge in [0.05, 0.1) is 13.2 Å². The normalized spacial score (nSPS) is 48.5. The topological polar surface area (TPSA) is 18.5 Å². The highest BCUT2D eigenvalue weighted by Gasteiger charge is 2.59. The van der Waals surface area contributed by atoms with Gasteiger partial charge in [-0.1, -0.05) is 12.2 Å². The Morgan fingerprint density at radius 2 is 1.25 bits per heavy atom. The summed E-state index contributed by atoms with van der Waals surface area (Å²) in [5.74, 6) is 3.14. The molecule has 1 spiro atoms. The summed E-state index contributed by atoms with van der Waals surface area (Å²) >= 11 is 0. The summed E-state index contributed by atoms with van der Waals surface area (Å²) in [6.07, 6.45) is 11.1. The minimum atomic E-state index is -0.197. The van der Waals surface area contributed by atoms with E-state index in [1.54, 1.807) is 0 Å². The van der Waals surface area contributed by atoms with Crippen molar-refractivity contribution in [3.8, 4) is 0 Å². The zero-order valence-corrected chi connectivity index (χ0v) is 9.73. The molecule has 4 aliphatic carbocycles. The first-order valence-corrected chi connectivity index (χ1v) is 6.80. The van der Waals surface area contributed by atoms with E-state index in [-0.39, 0.29) is 5.79 Å². The van der Waals surface area contributed by atoms with E-state index < -0.39 is 0 Å². The van der Waals surface area contributed by atoms with Crippen molar-refractivity contribution in [3.05, 3.63) is 12.2 Å². The lowest BCUT2D eigenvalue weighted by molar-refractivity contribution is -0.329. The van der Waals surface area contributed by atoms with Crippen LogP contribution in [0.3, 0.4) is 0 Å². The molecule has 0 saturated heterocycles. The van der Waals surface area contributed by atoms with Crippen molar-refractivity contribution in [1.29, 1.82) is 0 Å². The van der Waals surface area contributed by atoms with Crippen molar-refractivity contribution in [2.24, 2.45) is 23.7 Å². The monoisotopic (exact) mass is 220 g/mol. The van der Waals surface area contributed by atoms with Gasteiger partial charge in [-0.15, -0.1) is 0 Å². The minimum Gasteiger partial charge on any atom is -0.345 e. The fourth-order valence-corrected chi connectivity index (χ4v) is 4.85. The summed E-state index contributed by atoms with van der Waals surface area (Å²) in [7, 11) is 0. The van der Waals surface area contributed by atoms with Crippen LogP contribution in [-0.4, -0.2) is 19.0 Å². The van der Waals surface area contributed by atoms with Crippen LogP contribution in [0.2, 0.25) is 0 Å². The van der Waals surface area contributed by atoms with Gasteiger partial charge in [-0.2, -0.15) is 0 Å². The van der Waals surface area contributed by atoms with Crippen molar-refractivity contribution in [1.82, 2.24) is 0 Å². The zero-order valence-electron chi connectivity index (χ0n) is 9.73. The minimum absolute atomic E-state index is 0.197. The molecule has 16 heavy (non-hydrogen) atoms. The Hall–Kier alpha value is -0.340. The van der Waals surface area contributed by atoms with Gasteiger partial charge >= 0.3 is 0 Å². The average molecular weight is 220 g/mol. The summed E-state index contributed by atoms with van der Waals surface area (Å²) < 4.78 is 12.3. The standard InChI is InChI=1S/C14H20O2/c1-2-4-16-14(15-3-1)12-6-10-5-11(8-12)9-13(14)7-10/h1-2,10-13H,3-9H2. The van der Waals surface area contributed by atoms with E-state index in [0.29, 0.717) is 11.8 Å². The second kappa shape index (κ2) is 3.33. The molecule has 5 aliphatic rings. The van der Waals surface area contributed by atoms with Gasteiger partial charge in [0.2, 0.25) is 0 Å². The highest BCUT2D eigenvalue weighted by molar-refractivity contribution is 5.05. The van der Waals surface area contributed by atoms with Crippen LogP contribution in [-0.2, 0) is 9.47 Å². The molecule has 5 rings (SSSR count). The fraction of sp³-hybridized carbons (Fsp3) is 0.857. The summed E-state index contributed by atoms with van der Waals surface area (Å²) in [6, 6.07) is 0. The smallest absolute Gasteiger partial charge is 0.174 e. The average Bonchev–Trinajstić information content (AvgIpc) is 2.51. The predicted octanol–water partition coefficient (Wildman–Crippen LogP) is 2.74. The Labute approximate surface area is 97.0 Å². The van der Waals surface area contributed by atoms with Crippen LogP contribution in [0.25, 0.3) is 0 Å². The molecule has 0 aromatic heterocycles. The molecule has 88 valence electrons. The maximum Gasteiger partial charge on any atom is 0.174 e.